The number of ether oxygens (including phenoxy) is 3. The molecule has 0 unspecified atom stereocenters. The SMILES string of the molecule is CCOC(=O)c1ccc2c(c1)NC(=O)/C2=C(\Nc1ccc(-c2nccn2C)cc1)c1ccc2c(c1)OCO2. The first-order valence-electron chi connectivity index (χ1n) is 12.1. The molecule has 2 N–H and O–H groups in total. The number of nitrogens with zero attached hydrogens (tertiary/aromatic N) is 2. The Morgan fingerprint density at radius 3 is 2.61 bits per heavy atom. The van der Waals surface area contributed by atoms with E-state index in [9.17, 15) is 9.59 Å². The Morgan fingerprint density at radius 1 is 1.05 bits per heavy atom. The smallest absolute Gasteiger partial charge is 0.338 e. The molecule has 0 spiro atoms. The fraction of sp³-hybridized carbons (Fsp3) is 0.138. The van der Waals surface area contributed by atoms with Crippen LogP contribution >= 0.6 is 0 Å². The molecule has 4 aromatic rings. The fourth-order valence-electron chi connectivity index (χ4n) is 4.58. The van der Waals surface area contributed by atoms with E-state index in [1.54, 1.807) is 31.3 Å². The Balaban J connectivity index is 1.43. The van der Waals surface area contributed by atoms with Crippen LogP contribution in [0.2, 0.25) is 0 Å². The van der Waals surface area contributed by atoms with Gasteiger partial charge in [-0.1, -0.05) is 6.07 Å². The molecule has 3 aromatic carbocycles. The number of hydrogen-bond donors (Lipinski definition) is 2. The van der Waals surface area contributed by atoms with E-state index in [4.69, 9.17) is 14.2 Å². The summed E-state index contributed by atoms with van der Waals surface area (Å²) in [6.45, 7) is 2.16. The second kappa shape index (κ2) is 9.44. The van der Waals surface area contributed by atoms with E-state index in [0.29, 0.717) is 39.6 Å². The number of amides is 1. The third-order valence-corrected chi connectivity index (χ3v) is 6.42. The van der Waals surface area contributed by atoms with Crippen LogP contribution in [-0.2, 0) is 16.6 Å². The number of fused-ring (bicyclic) bond motifs is 2. The van der Waals surface area contributed by atoms with Crippen molar-refractivity contribution in [3.05, 3.63) is 89.7 Å². The number of anilines is 2. The summed E-state index contributed by atoms with van der Waals surface area (Å²) in [5.74, 6) is 1.37. The third-order valence-electron chi connectivity index (χ3n) is 6.42. The second-order valence-electron chi connectivity index (χ2n) is 8.82. The Kier molecular flexibility index (Phi) is 5.80. The minimum atomic E-state index is -0.441. The first-order valence-corrected chi connectivity index (χ1v) is 12.1. The van der Waals surface area contributed by atoms with Gasteiger partial charge in [0.1, 0.15) is 5.82 Å². The quantitative estimate of drug-likeness (QED) is 0.281. The maximum absolute atomic E-state index is 13.3. The van der Waals surface area contributed by atoms with E-state index in [0.717, 1.165) is 22.6 Å². The van der Waals surface area contributed by atoms with Crippen LogP contribution in [0.5, 0.6) is 11.5 Å². The van der Waals surface area contributed by atoms with E-state index >= 15 is 0 Å². The van der Waals surface area contributed by atoms with E-state index in [1.165, 1.54) is 0 Å². The molecule has 1 amide bonds. The molecular weight excluding hydrogens is 484 g/mol. The van der Waals surface area contributed by atoms with Gasteiger partial charge in [0.15, 0.2) is 11.5 Å². The molecule has 9 nitrogen and oxygen atoms in total. The molecule has 9 heteroatoms. The van der Waals surface area contributed by atoms with Gasteiger partial charge in [0.05, 0.1) is 29.1 Å². The lowest BCUT2D eigenvalue weighted by atomic mass is 9.98. The number of carbonyl (C=O) groups excluding carboxylic acids is 2. The van der Waals surface area contributed by atoms with Crippen LogP contribution < -0.4 is 20.1 Å². The highest BCUT2D eigenvalue weighted by Crippen LogP contribution is 2.41. The molecule has 0 saturated heterocycles. The van der Waals surface area contributed by atoms with Gasteiger partial charge in [0, 0.05) is 41.8 Å². The molecule has 190 valence electrons. The minimum absolute atomic E-state index is 0.146. The molecule has 0 radical (unpaired) electrons. The lowest BCUT2D eigenvalue weighted by molar-refractivity contribution is -0.110. The van der Waals surface area contributed by atoms with Crippen molar-refractivity contribution in [1.29, 1.82) is 0 Å². The van der Waals surface area contributed by atoms with Crippen molar-refractivity contribution in [3.63, 3.8) is 0 Å². The van der Waals surface area contributed by atoms with Crippen LogP contribution in [0.25, 0.3) is 22.7 Å². The van der Waals surface area contributed by atoms with Crippen molar-refractivity contribution in [2.75, 3.05) is 24.0 Å². The maximum atomic E-state index is 13.3. The Bertz CT molecular complexity index is 1600. The van der Waals surface area contributed by atoms with E-state index < -0.39 is 5.97 Å². The molecule has 0 saturated carbocycles. The summed E-state index contributed by atoms with van der Waals surface area (Å²) >= 11 is 0. The van der Waals surface area contributed by atoms with Crippen molar-refractivity contribution in [2.24, 2.45) is 7.05 Å². The van der Waals surface area contributed by atoms with Crippen LogP contribution in [0.3, 0.4) is 0 Å². The zero-order valence-corrected chi connectivity index (χ0v) is 20.8. The molecule has 0 bridgehead atoms. The van der Waals surface area contributed by atoms with E-state index in [1.807, 2.05) is 60.3 Å². The Morgan fingerprint density at radius 2 is 1.84 bits per heavy atom. The Labute approximate surface area is 218 Å². The summed E-state index contributed by atoms with van der Waals surface area (Å²) in [4.78, 5) is 30.0. The monoisotopic (exact) mass is 508 g/mol. The first kappa shape index (κ1) is 23.4. The van der Waals surface area contributed by atoms with Gasteiger partial charge in [-0.15, -0.1) is 0 Å². The van der Waals surface area contributed by atoms with Gasteiger partial charge >= 0.3 is 5.97 Å². The second-order valence-corrected chi connectivity index (χ2v) is 8.82. The zero-order valence-electron chi connectivity index (χ0n) is 20.8. The number of esters is 1. The summed E-state index contributed by atoms with van der Waals surface area (Å²) < 4.78 is 18.1. The number of benzene rings is 3. The van der Waals surface area contributed by atoms with Crippen LogP contribution in [0.4, 0.5) is 11.4 Å². The first-order chi connectivity index (χ1) is 18.5. The molecule has 1 aromatic heterocycles. The van der Waals surface area contributed by atoms with E-state index in [2.05, 4.69) is 15.6 Å². The number of aromatic nitrogens is 2. The van der Waals surface area contributed by atoms with Gasteiger partial charge in [-0.3, -0.25) is 4.79 Å². The molecule has 0 fully saturated rings. The maximum Gasteiger partial charge on any atom is 0.338 e. The van der Waals surface area contributed by atoms with Gasteiger partial charge < -0.3 is 29.4 Å². The Hall–Kier alpha value is -5.05. The predicted molar refractivity (Wildman–Crippen MR) is 143 cm³/mol. The average molecular weight is 509 g/mol. The number of imidazole rings is 1. The molecule has 3 heterocycles. The molecule has 0 atom stereocenters. The average Bonchev–Trinajstić information content (AvgIpc) is 3.65. The van der Waals surface area contributed by atoms with Crippen LogP contribution in [0, 0.1) is 0 Å². The highest BCUT2D eigenvalue weighted by molar-refractivity contribution is 6.37. The third kappa shape index (κ3) is 4.13. The number of nitrogens with one attached hydrogen (secondary N) is 2. The highest BCUT2D eigenvalue weighted by Gasteiger charge is 2.30. The lowest BCUT2D eigenvalue weighted by Crippen LogP contribution is -2.10. The number of aryl methyl sites for hydroxylation is 1. The number of rotatable bonds is 6. The molecule has 2 aliphatic heterocycles. The summed E-state index contributed by atoms with van der Waals surface area (Å²) in [6.07, 6.45) is 3.65. The van der Waals surface area contributed by atoms with Crippen molar-refractivity contribution in [2.45, 2.75) is 6.92 Å². The molecule has 6 rings (SSSR count). The standard InChI is InChI=1S/C29H24N4O5/c1-3-36-29(35)19-6-10-21-22(14-19)32-28(34)25(21)26(18-7-11-23-24(15-18)38-16-37-23)31-20-8-4-17(5-9-20)27-30-12-13-33(27)2/h4-15,31H,3,16H2,1-2H3,(H,32,34)/b26-25-. The van der Waals surface area contributed by atoms with Gasteiger partial charge in [-0.25, -0.2) is 9.78 Å². The summed E-state index contributed by atoms with van der Waals surface area (Å²) in [5, 5.41) is 6.34. The summed E-state index contributed by atoms with van der Waals surface area (Å²) in [7, 11) is 1.94. The largest absolute Gasteiger partial charge is 0.462 e. The topological polar surface area (TPSA) is 104 Å². The van der Waals surface area contributed by atoms with Gasteiger partial charge in [-0.2, -0.15) is 0 Å². The van der Waals surface area contributed by atoms with Crippen molar-refractivity contribution >= 4 is 34.5 Å². The summed E-state index contributed by atoms with van der Waals surface area (Å²) in [5.41, 5.74) is 5.12. The van der Waals surface area contributed by atoms with Crippen LogP contribution in [0.1, 0.15) is 28.4 Å². The van der Waals surface area contributed by atoms with Gasteiger partial charge in [0.2, 0.25) is 6.79 Å². The predicted octanol–water partition coefficient (Wildman–Crippen LogP) is 4.93. The normalized spacial score (nSPS) is 14.6. The molecule has 0 aliphatic carbocycles. The fourth-order valence-corrected chi connectivity index (χ4v) is 4.58. The lowest BCUT2D eigenvalue weighted by Gasteiger charge is -2.16. The molecule has 38 heavy (non-hydrogen) atoms. The number of carbonyl (C=O) groups is 2. The highest BCUT2D eigenvalue weighted by atomic mass is 16.7. The van der Waals surface area contributed by atoms with Gasteiger partial charge in [0.25, 0.3) is 5.91 Å². The van der Waals surface area contributed by atoms with Crippen molar-refractivity contribution < 1.29 is 23.8 Å². The van der Waals surface area contributed by atoms with Crippen LogP contribution in [-0.4, -0.2) is 34.8 Å². The van der Waals surface area contributed by atoms with E-state index in [-0.39, 0.29) is 19.3 Å². The molecular formula is C29H24N4O5. The van der Waals surface area contributed by atoms with Crippen molar-refractivity contribution in [1.82, 2.24) is 9.55 Å². The summed E-state index contributed by atoms with van der Waals surface area (Å²) in [6, 6.07) is 18.4. The minimum Gasteiger partial charge on any atom is -0.462 e. The van der Waals surface area contributed by atoms with Crippen LogP contribution in [0.15, 0.2) is 73.1 Å². The van der Waals surface area contributed by atoms with Gasteiger partial charge in [-0.05, 0) is 61.5 Å². The number of hydrogen-bond acceptors (Lipinski definition) is 7. The zero-order chi connectivity index (χ0) is 26.2. The molecule has 2 aliphatic rings. The van der Waals surface area contributed by atoms with Crippen molar-refractivity contribution in [3.8, 4) is 22.9 Å².